The highest BCUT2D eigenvalue weighted by Crippen LogP contribution is 2.51. The van der Waals surface area contributed by atoms with Gasteiger partial charge in [-0.3, -0.25) is 4.99 Å². The fraction of sp³-hybridized carbons (Fsp3) is 0.389. The summed E-state index contributed by atoms with van der Waals surface area (Å²) in [6.07, 6.45) is 5.36. The van der Waals surface area contributed by atoms with Crippen LogP contribution in [0, 0.1) is 11.7 Å². The summed E-state index contributed by atoms with van der Waals surface area (Å²) >= 11 is 1.52. The molecule has 3 atom stereocenters. The molecule has 1 fully saturated rings. The quantitative estimate of drug-likeness (QED) is 0.860. The van der Waals surface area contributed by atoms with Crippen molar-refractivity contribution in [3.63, 3.8) is 0 Å². The first-order chi connectivity index (χ1) is 11.6. The van der Waals surface area contributed by atoms with Gasteiger partial charge in [0.25, 0.3) is 0 Å². The molecule has 1 saturated carbocycles. The Morgan fingerprint density at radius 3 is 2.80 bits per heavy atom. The second-order valence-electron chi connectivity index (χ2n) is 6.30. The zero-order chi connectivity index (χ0) is 16.7. The summed E-state index contributed by atoms with van der Waals surface area (Å²) in [6.45, 7) is 0. The highest BCUT2D eigenvalue weighted by Gasteiger charge is 2.50. The van der Waals surface area contributed by atoms with Gasteiger partial charge >= 0.3 is 0 Å². The minimum Gasteiger partial charge on any atom is -0.393 e. The lowest BCUT2D eigenvalue weighted by Crippen LogP contribution is -2.36. The Hall–Kier alpha value is -1.99. The topological polar surface area (TPSA) is 84.4 Å². The van der Waals surface area contributed by atoms with Crippen molar-refractivity contribution in [2.75, 3.05) is 5.75 Å². The van der Waals surface area contributed by atoms with Crippen LogP contribution in [0.25, 0.3) is 11.1 Å². The lowest BCUT2D eigenvalue weighted by Gasteiger charge is -2.35. The average Bonchev–Trinajstić information content (AvgIpc) is 2.92. The van der Waals surface area contributed by atoms with E-state index in [4.69, 9.17) is 10.7 Å². The van der Waals surface area contributed by atoms with Crippen molar-refractivity contribution < 1.29 is 9.50 Å². The number of aromatic nitrogens is 2. The number of aliphatic hydroxyl groups excluding tert-OH is 1. The molecule has 2 heterocycles. The normalized spacial score (nSPS) is 28.0. The van der Waals surface area contributed by atoms with Crippen LogP contribution in [0.2, 0.25) is 0 Å². The summed E-state index contributed by atoms with van der Waals surface area (Å²) in [4.78, 5) is 12.6. The van der Waals surface area contributed by atoms with Crippen LogP contribution in [0.3, 0.4) is 0 Å². The largest absolute Gasteiger partial charge is 0.393 e. The summed E-state index contributed by atoms with van der Waals surface area (Å²) in [7, 11) is 0. The molecule has 0 saturated heterocycles. The molecule has 0 amide bonds. The Morgan fingerprint density at radius 1 is 1.28 bits per heavy atom. The maximum Gasteiger partial charge on any atom is 0.154 e. The van der Waals surface area contributed by atoms with Gasteiger partial charge in [0.15, 0.2) is 5.17 Å². The molecule has 1 aliphatic heterocycles. The standard InChI is InChI=1S/C17H17FN4OS.CH4/c18-15-2-1-11(4-14(15)10-6-20-9-21-7-10)17-5-13(23)3-12(17)8-24-16(19)22-17;/h1-2,4,6-7,9,12-13,23H,3,5,8H2,(H2,19,22);1H4/t12-,13+,17+;/m0./s1. The van der Waals surface area contributed by atoms with Crippen LogP contribution < -0.4 is 5.73 Å². The van der Waals surface area contributed by atoms with Crippen LogP contribution >= 0.6 is 11.8 Å². The Labute approximate surface area is 150 Å². The molecule has 0 radical (unpaired) electrons. The predicted octanol–water partition coefficient (Wildman–Crippen LogP) is 2.95. The molecule has 7 heteroatoms. The van der Waals surface area contributed by atoms with Gasteiger partial charge < -0.3 is 10.8 Å². The van der Waals surface area contributed by atoms with Crippen molar-refractivity contribution in [2.24, 2.45) is 16.6 Å². The highest BCUT2D eigenvalue weighted by molar-refractivity contribution is 8.13. The third-order valence-corrected chi connectivity index (χ3v) is 5.81. The number of hydrogen-bond donors (Lipinski definition) is 2. The number of rotatable bonds is 2. The van der Waals surface area contributed by atoms with Gasteiger partial charge in [0.1, 0.15) is 12.1 Å². The van der Waals surface area contributed by atoms with E-state index in [1.807, 2.05) is 0 Å². The molecule has 25 heavy (non-hydrogen) atoms. The number of amidine groups is 1. The lowest BCUT2D eigenvalue weighted by molar-refractivity contribution is 0.173. The molecular weight excluding hydrogens is 339 g/mol. The summed E-state index contributed by atoms with van der Waals surface area (Å²) in [5, 5.41) is 10.7. The van der Waals surface area contributed by atoms with Gasteiger partial charge in [-0.25, -0.2) is 14.4 Å². The Bertz CT molecular complexity index is 801. The van der Waals surface area contributed by atoms with Crippen molar-refractivity contribution in [1.29, 1.82) is 0 Å². The molecule has 0 unspecified atom stereocenters. The monoisotopic (exact) mass is 360 g/mol. The maximum atomic E-state index is 14.3. The van der Waals surface area contributed by atoms with Gasteiger partial charge in [0.2, 0.25) is 0 Å². The molecule has 1 aromatic carbocycles. The van der Waals surface area contributed by atoms with Gasteiger partial charge in [0, 0.05) is 41.6 Å². The zero-order valence-electron chi connectivity index (χ0n) is 12.9. The molecule has 3 N–H and O–H groups in total. The van der Waals surface area contributed by atoms with Crippen molar-refractivity contribution in [1.82, 2.24) is 9.97 Å². The van der Waals surface area contributed by atoms with Crippen LogP contribution in [0.1, 0.15) is 25.8 Å². The van der Waals surface area contributed by atoms with Gasteiger partial charge in [0.05, 0.1) is 11.6 Å². The van der Waals surface area contributed by atoms with E-state index in [1.54, 1.807) is 24.5 Å². The fourth-order valence-electron chi connectivity index (χ4n) is 3.76. The van der Waals surface area contributed by atoms with Gasteiger partial charge in [-0.2, -0.15) is 0 Å². The van der Waals surface area contributed by atoms with Crippen LogP contribution in [0.4, 0.5) is 4.39 Å². The average molecular weight is 360 g/mol. The first kappa shape index (κ1) is 17.8. The van der Waals surface area contributed by atoms with E-state index in [9.17, 15) is 9.50 Å². The minimum absolute atomic E-state index is 0. The van der Waals surface area contributed by atoms with E-state index in [-0.39, 0.29) is 19.2 Å². The van der Waals surface area contributed by atoms with Crippen molar-refractivity contribution >= 4 is 16.9 Å². The summed E-state index contributed by atoms with van der Waals surface area (Å²) in [5.41, 5.74) is 7.34. The van der Waals surface area contributed by atoms with Gasteiger partial charge in [-0.05, 0) is 24.1 Å². The maximum absolute atomic E-state index is 14.3. The zero-order valence-corrected chi connectivity index (χ0v) is 13.7. The summed E-state index contributed by atoms with van der Waals surface area (Å²) < 4.78 is 14.3. The van der Waals surface area contributed by atoms with Gasteiger partial charge in [-0.1, -0.05) is 25.3 Å². The number of hydrogen-bond acceptors (Lipinski definition) is 6. The molecule has 2 aromatic rings. The van der Waals surface area contributed by atoms with E-state index in [2.05, 4.69) is 9.97 Å². The number of aliphatic imine (C=N–C) groups is 1. The second kappa shape index (κ2) is 6.72. The third kappa shape index (κ3) is 3.02. The molecule has 0 spiro atoms. The van der Waals surface area contributed by atoms with Crippen molar-refractivity contribution in [2.45, 2.75) is 31.9 Å². The van der Waals surface area contributed by atoms with E-state index in [0.717, 1.165) is 11.3 Å². The van der Waals surface area contributed by atoms with Crippen LogP contribution in [-0.4, -0.2) is 32.1 Å². The first-order valence-electron chi connectivity index (χ1n) is 7.80. The first-order valence-corrected chi connectivity index (χ1v) is 8.78. The molecular formula is C18H21FN4OS. The molecule has 4 rings (SSSR count). The number of halogens is 1. The van der Waals surface area contributed by atoms with Crippen molar-refractivity contribution in [3.8, 4) is 11.1 Å². The van der Waals surface area contributed by atoms with Crippen LogP contribution in [-0.2, 0) is 5.54 Å². The number of nitrogens with two attached hydrogens (primary N) is 1. The number of benzene rings is 1. The van der Waals surface area contributed by atoms with Gasteiger partial charge in [-0.15, -0.1) is 0 Å². The SMILES string of the molecule is C.NC1=N[C@@]2(c3ccc(F)c(-c4cncnc4)c3)C[C@H](O)C[C@H]2CS1. The minimum atomic E-state index is -0.577. The van der Waals surface area contributed by atoms with Crippen molar-refractivity contribution in [3.05, 3.63) is 48.3 Å². The molecule has 0 bridgehead atoms. The van der Waals surface area contributed by atoms with E-state index >= 15 is 0 Å². The highest BCUT2D eigenvalue weighted by atomic mass is 32.2. The number of aliphatic hydroxyl groups is 1. The predicted molar refractivity (Wildman–Crippen MR) is 98.6 cm³/mol. The molecule has 132 valence electrons. The van der Waals surface area contributed by atoms with E-state index in [1.165, 1.54) is 24.2 Å². The Morgan fingerprint density at radius 2 is 2.04 bits per heavy atom. The fourth-order valence-corrected chi connectivity index (χ4v) is 4.77. The molecule has 2 aliphatic rings. The molecule has 5 nitrogen and oxygen atoms in total. The Kier molecular flexibility index (Phi) is 4.79. The van der Waals surface area contributed by atoms with E-state index < -0.39 is 11.6 Å². The molecule has 1 aromatic heterocycles. The summed E-state index contributed by atoms with van der Waals surface area (Å²) in [6, 6.07) is 4.99. The number of nitrogens with zero attached hydrogens (tertiary/aromatic N) is 3. The lowest BCUT2D eigenvalue weighted by atomic mass is 9.80. The van der Waals surface area contributed by atoms with Crippen LogP contribution in [0.5, 0.6) is 0 Å². The summed E-state index contributed by atoms with van der Waals surface area (Å²) in [5.74, 6) is 0.672. The third-order valence-electron chi connectivity index (χ3n) is 4.86. The smallest absolute Gasteiger partial charge is 0.154 e. The Balaban J connectivity index is 0.00000182. The number of thioether (sulfide) groups is 1. The molecule has 1 aliphatic carbocycles. The van der Waals surface area contributed by atoms with Crippen LogP contribution in [0.15, 0.2) is 41.9 Å². The number of fused-ring (bicyclic) bond motifs is 1. The van der Waals surface area contributed by atoms with E-state index in [0.29, 0.717) is 29.1 Å². The second-order valence-corrected chi connectivity index (χ2v) is 7.34.